The minimum Gasteiger partial charge on any atom is -0.493 e. The lowest BCUT2D eigenvalue weighted by Gasteiger charge is -2.32. The third-order valence-electron chi connectivity index (χ3n) is 5.52. The molecule has 0 saturated carbocycles. The van der Waals surface area contributed by atoms with E-state index in [9.17, 15) is 14.7 Å². The highest BCUT2D eigenvalue weighted by atomic mass is 16.7. The van der Waals surface area contributed by atoms with Crippen molar-refractivity contribution < 1.29 is 38.4 Å². The lowest BCUT2D eigenvalue weighted by atomic mass is 9.92. The summed E-state index contributed by atoms with van der Waals surface area (Å²) in [5.41, 5.74) is 2.35. The van der Waals surface area contributed by atoms with Crippen molar-refractivity contribution >= 4 is 23.6 Å². The number of hydrogen-bond acceptors (Lipinski definition) is 7. The Balaban J connectivity index is 2.01. The Morgan fingerprint density at radius 2 is 1.84 bits per heavy atom. The average molecular weight is 441 g/mol. The average Bonchev–Trinajstić information content (AvgIpc) is 3.24. The molecule has 168 valence electrons. The van der Waals surface area contributed by atoms with E-state index >= 15 is 0 Å². The van der Waals surface area contributed by atoms with Crippen molar-refractivity contribution in [2.45, 2.75) is 13.3 Å². The molecule has 2 aliphatic rings. The molecule has 1 N–H and O–H groups in total. The van der Waals surface area contributed by atoms with Crippen LogP contribution in [-0.4, -0.2) is 56.6 Å². The predicted molar refractivity (Wildman–Crippen MR) is 115 cm³/mol. The van der Waals surface area contributed by atoms with Crippen LogP contribution in [0, 0.1) is 0 Å². The first kappa shape index (κ1) is 21.4. The summed E-state index contributed by atoms with van der Waals surface area (Å²) in [5.74, 6) is 0.485. The second kappa shape index (κ2) is 8.33. The van der Waals surface area contributed by atoms with E-state index in [1.54, 1.807) is 23.1 Å². The van der Waals surface area contributed by atoms with E-state index in [-0.39, 0.29) is 24.0 Å². The fraction of sp³-hybridized carbons (Fsp3) is 0.304. The fourth-order valence-corrected chi connectivity index (χ4v) is 4.13. The second-order valence-electron chi connectivity index (χ2n) is 7.20. The first-order valence-electron chi connectivity index (χ1n) is 9.89. The molecule has 0 atom stereocenters. The first-order valence-corrected chi connectivity index (χ1v) is 9.89. The van der Waals surface area contributed by atoms with Gasteiger partial charge in [-0.15, -0.1) is 0 Å². The number of methoxy groups -OCH3 is 3. The Morgan fingerprint density at radius 1 is 1.09 bits per heavy atom. The molecule has 0 fully saturated rings. The van der Waals surface area contributed by atoms with Crippen molar-refractivity contribution in [1.29, 1.82) is 0 Å². The van der Waals surface area contributed by atoms with Crippen LogP contribution in [0.4, 0.5) is 0 Å². The number of benzene rings is 2. The van der Waals surface area contributed by atoms with E-state index < -0.39 is 5.97 Å². The maximum absolute atomic E-state index is 12.5. The Kier molecular flexibility index (Phi) is 5.56. The minimum atomic E-state index is -1.18. The summed E-state index contributed by atoms with van der Waals surface area (Å²) in [4.78, 5) is 26.2. The van der Waals surface area contributed by atoms with Gasteiger partial charge in [0.1, 0.15) is 5.56 Å². The van der Waals surface area contributed by atoms with Gasteiger partial charge < -0.3 is 33.7 Å². The van der Waals surface area contributed by atoms with Gasteiger partial charge in [0.25, 0.3) is 0 Å². The smallest absolute Gasteiger partial charge is 0.340 e. The summed E-state index contributed by atoms with van der Waals surface area (Å²) in [6.07, 6.45) is 2.23. The van der Waals surface area contributed by atoms with E-state index in [4.69, 9.17) is 23.7 Å². The van der Waals surface area contributed by atoms with E-state index in [1.807, 2.05) is 6.07 Å². The molecular formula is C23H23NO8. The molecule has 32 heavy (non-hydrogen) atoms. The molecule has 0 aliphatic carbocycles. The van der Waals surface area contributed by atoms with Crippen LogP contribution in [0.3, 0.4) is 0 Å². The van der Waals surface area contributed by atoms with Gasteiger partial charge >= 0.3 is 5.97 Å². The number of carbonyl (C=O) groups is 2. The molecule has 9 heteroatoms. The van der Waals surface area contributed by atoms with Crippen LogP contribution in [0.5, 0.6) is 28.7 Å². The van der Waals surface area contributed by atoms with Crippen molar-refractivity contribution in [2.75, 3.05) is 34.7 Å². The van der Waals surface area contributed by atoms with Crippen LogP contribution >= 0.6 is 0 Å². The van der Waals surface area contributed by atoms with Gasteiger partial charge in [0, 0.05) is 19.0 Å². The topological polar surface area (TPSA) is 104 Å². The van der Waals surface area contributed by atoms with E-state index in [0.29, 0.717) is 52.8 Å². The summed E-state index contributed by atoms with van der Waals surface area (Å²) in [6, 6.07) is 5.11. The normalized spacial score (nSPS) is 15.4. The van der Waals surface area contributed by atoms with Crippen molar-refractivity contribution in [1.82, 2.24) is 4.90 Å². The minimum absolute atomic E-state index is 0.0723. The second-order valence-corrected chi connectivity index (χ2v) is 7.20. The predicted octanol–water partition coefficient (Wildman–Crippen LogP) is 3.04. The molecule has 2 aliphatic heterocycles. The molecule has 0 aromatic heterocycles. The quantitative estimate of drug-likeness (QED) is 0.755. The van der Waals surface area contributed by atoms with Gasteiger partial charge in [0.15, 0.2) is 23.0 Å². The van der Waals surface area contributed by atoms with Crippen molar-refractivity contribution in [3.63, 3.8) is 0 Å². The number of carbonyl (C=O) groups excluding carboxylic acids is 1. The van der Waals surface area contributed by atoms with E-state index in [2.05, 4.69) is 0 Å². The molecule has 2 heterocycles. The molecule has 0 radical (unpaired) electrons. The number of nitrogens with zero attached hydrogens (tertiary/aromatic N) is 1. The molecule has 9 nitrogen and oxygen atoms in total. The Hall–Kier alpha value is -3.88. The summed E-state index contributed by atoms with van der Waals surface area (Å²) in [5, 5.41) is 9.92. The molecule has 2 aromatic carbocycles. The maximum Gasteiger partial charge on any atom is 0.340 e. The molecule has 0 bridgehead atoms. The largest absolute Gasteiger partial charge is 0.493 e. The molecular weight excluding hydrogens is 418 g/mol. The zero-order valence-corrected chi connectivity index (χ0v) is 18.2. The number of rotatable bonds is 5. The van der Waals surface area contributed by atoms with Crippen LogP contribution in [0.1, 0.15) is 34.0 Å². The molecule has 0 spiro atoms. The lowest BCUT2D eigenvalue weighted by Crippen LogP contribution is -2.33. The summed E-state index contributed by atoms with van der Waals surface area (Å²) >= 11 is 0. The van der Waals surface area contributed by atoms with Crippen LogP contribution in [-0.2, 0) is 11.2 Å². The van der Waals surface area contributed by atoms with Crippen molar-refractivity contribution in [3.8, 4) is 28.7 Å². The summed E-state index contributed by atoms with van der Waals surface area (Å²) in [6.45, 7) is 1.96. The number of hydrogen-bond donors (Lipinski definition) is 1. The number of aromatic carboxylic acids is 1. The maximum atomic E-state index is 12.5. The lowest BCUT2D eigenvalue weighted by molar-refractivity contribution is -0.125. The van der Waals surface area contributed by atoms with Crippen LogP contribution in [0.2, 0.25) is 0 Å². The summed E-state index contributed by atoms with van der Waals surface area (Å²) < 4.78 is 27.4. The molecule has 1 amide bonds. The highest BCUT2D eigenvalue weighted by molar-refractivity contribution is 6.01. The molecule has 0 saturated heterocycles. The number of amides is 1. The molecule has 2 aromatic rings. The highest BCUT2D eigenvalue weighted by Crippen LogP contribution is 2.50. The molecule has 4 rings (SSSR count). The van der Waals surface area contributed by atoms with Gasteiger partial charge in [-0.3, -0.25) is 4.79 Å². The van der Waals surface area contributed by atoms with E-state index in [1.165, 1.54) is 28.3 Å². The number of carboxylic acid groups (broad SMARTS) is 1. The molecule has 0 unspecified atom stereocenters. The Bertz CT molecular complexity index is 1140. The zero-order chi connectivity index (χ0) is 23.0. The zero-order valence-electron chi connectivity index (χ0n) is 18.2. The third-order valence-corrected chi connectivity index (χ3v) is 5.52. The first-order chi connectivity index (χ1) is 15.4. The number of ether oxygens (including phenoxy) is 5. The van der Waals surface area contributed by atoms with E-state index in [0.717, 1.165) is 5.56 Å². The monoisotopic (exact) mass is 441 g/mol. The summed E-state index contributed by atoms with van der Waals surface area (Å²) in [7, 11) is 4.33. The fourth-order valence-electron chi connectivity index (χ4n) is 4.13. The van der Waals surface area contributed by atoms with Gasteiger partial charge in [-0.05, 0) is 35.8 Å². The Morgan fingerprint density at radius 3 is 2.47 bits per heavy atom. The van der Waals surface area contributed by atoms with Crippen LogP contribution < -0.4 is 23.7 Å². The van der Waals surface area contributed by atoms with Crippen molar-refractivity contribution in [2.24, 2.45) is 0 Å². The Labute approximate surface area is 184 Å². The van der Waals surface area contributed by atoms with Gasteiger partial charge in [-0.25, -0.2) is 4.79 Å². The number of carboxylic acids is 1. The number of fused-ring (bicyclic) bond motifs is 2. The highest BCUT2D eigenvalue weighted by Gasteiger charge is 2.33. The standard InChI is InChI=1S/C23H23NO8/c1-12(25)24-8-7-14-10-17-21(32-11-31-17)22(30-4)18(14)15(24)9-13-5-6-16(28-2)20(29-3)19(13)23(26)27/h5-6,9-10H,7-8,11H2,1-4H3,(H,26,27)/b15-9+. The van der Waals surface area contributed by atoms with Gasteiger partial charge in [0.05, 0.1) is 27.0 Å². The van der Waals surface area contributed by atoms with Crippen LogP contribution in [0.25, 0.3) is 11.8 Å². The van der Waals surface area contributed by atoms with Gasteiger partial charge in [-0.2, -0.15) is 0 Å². The SMILES string of the molecule is COc1ccc(/C=C2\c3c(cc4c(c3OC)OCO4)CCN2C(C)=O)c(C(=O)O)c1OC. The third kappa shape index (κ3) is 3.35. The van der Waals surface area contributed by atoms with Crippen LogP contribution in [0.15, 0.2) is 18.2 Å². The van der Waals surface area contributed by atoms with Gasteiger partial charge in [0.2, 0.25) is 18.4 Å². The van der Waals surface area contributed by atoms with Gasteiger partial charge in [-0.1, -0.05) is 6.07 Å². The van der Waals surface area contributed by atoms with Crippen molar-refractivity contribution in [3.05, 3.63) is 40.5 Å².